The highest BCUT2D eigenvalue weighted by molar-refractivity contribution is 7.80. The van der Waals surface area contributed by atoms with Gasteiger partial charge in [0.05, 0.1) is 18.7 Å². The second-order valence-electron chi connectivity index (χ2n) is 6.05. The normalized spacial score (nSPS) is 11.4. The molecule has 2 aromatic carbocycles. The van der Waals surface area contributed by atoms with Gasteiger partial charge in [0.15, 0.2) is 5.11 Å². The molecule has 1 atom stereocenters. The Bertz CT molecular complexity index is 792. The molecule has 26 heavy (non-hydrogen) atoms. The molecular formula is C20H24N2O3S. The van der Waals surface area contributed by atoms with E-state index >= 15 is 0 Å². The molecule has 0 aliphatic heterocycles. The van der Waals surface area contributed by atoms with E-state index in [1.54, 1.807) is 12.1 Å². The number of nitrogens with one attached hydrogen (secondary N) is 2. The maximum atomic E-state index is 11.8. The van der Waals surface area contributed by atoms with Crippen molar-refractivity contribution < 1.29 is 14.3 Å². The van der Waals surface area contributed by atoms with Gasteiger partial charge in [-0.15, -0.1) is 0 Å². The lowest BCUT2D eigenvalue weighted by atomic mass is 10.1. The van der Waals surface area contributed by atoms with Crippen molar-refractivity contribution in [1.82, 2.24) is 5.32 Å². The molecule has 0 aromatic heterocycles. The smallest absolute Gasteiger partial charge is 0.338 e. The zero-order valence-electron chi connectivity index (χ0n) is 15.5. The summed E-state index contributed by atoms with van der Waals surface area (Å²) in [6.07, 6.45) is 0. The van der Waals surface area contributed by atoms with Gasteiger partial charge >= 0.3 is 5.97 Å². The van der Waals surface area contributed by atoms with Gasteiger partial charge in [-0.25, -0.2) is 4.79 Å². The van der Waals surface area contributed by atoms with Crippen LogP contribution in [0.5, 0.6) is 5.75 Å². The van der Waals surface area contributed by atoms with Gasteiger partial charge in [-0.3, -0.25) is 0 Å². The topological polar surface area (TPSA) is 59.6 Å². The van der Waals surface area contributed by atoms with Crippen LogP contribution in [-0.2, 0) is 4.74 Å². The van der Waals surface area contributed by atoms with E-state index in [0.717, 1.165) is 22.6 Å². The fourth-order valence-corrected chi connectivity index (χ4v) is 2.77. The summed E-state index contributed by atoms with van der Waals surface area (Å²) >= 11 is 5.37. The minimum absolute atomic E-state index is 0.0127. The Kier molecular flexibility index (Phi) is 6.97. The summed E-state index contributed by atoms with van der Waals surface area (Å²) in [5, 5.41) is 6.78. The van der Waals surface area contributed by atoms with Crippen molar-refractivity contribution in [2.24, 2.45) is 0 Å². The predicted octanol–water partition coefficient (Wildman–Crippen LogP) is 3.84. The molecule has 138 valence electrons. The molecule has 6 heteroatoms. The molecule has 0 amide bonds. The van der Waals surface area contributed by atoms with Crippen LogP contribution < -0.4 is 15.4 Å². The summed E-state index contributed by atoms with van der Waals surface area (Å²) in [6, 6.07) is 13.3. The number of hydrogen-bond donors (Lipinski definition) is 2. The minimum Gasteiger partial charge on any atom is -0.491 e. The first-order valence-corrected chi connectivity index (χ1v) is 8.77. The van der Waals surface area contributed by atoms with Crippen molar-refractivity contribution in [1.29, 1.82) is 0 Å². The number of ether oxygens (including phenoxy) is 2. The number of esters is 1. The third-order valence-electron chi connectivity index (χ3n) is 3.95. The SMILES string of the molecule is COC(=O)c1cccc(NC(=S)N[C@H](C)COc2ccccc2C)c1C. The van der Waals surface area contributed by atoms with E-state index in [-0.39, 0.29) is 12.0 Å². The van der Waals surface area contributed by atoms with Crippen LogP contribution in [0.15, 0.2) is 42.5 Å². The van der Waals surface area contributed by atoms with Crippen molar-refractivity contribution >= 4 is 29.0 Å². The van der Waals surface area contributed by atoms with E-state index in [2.05, 4.69) is 10.6 Å². The van der Waals surface area contributed by atoms with Crippen LogP contribution in [0.3, 0.4) is 0 Å². The van der Waals surface area contributed by atoms with Crippen molar-refractivity contribution in [2.75, 3.05) is 19.0 Å². The third kappa shape index (κ3) is 5.20. The molecule has 2 aromatic rings. The van der Waals surface area contributed by atoms with Gasteiger partial charge in [-0.1, -0.05) is 24.3 Å². The van der Waals surface area contributed by atoms with Crippen LogP contribution >= 0.6 is 12.2 Å². The molecule has 0 radical (unpaired) electrons. The van der Waals surface area contributed by atoms with Gasteiger partial charge in [0.2, 0.25) is 0 Å². The number of para-hydroxylation sites is 1. The van der Waals surface area contributed by atoms with Crippen LogP contribution in [0.4, 0.5) is 5.69 Å². The number of benzene rings is 2. The molecule has 0 spiro atoms. The molecule has 0 fully saturated rings. The first-order chi connectivity index (χ1) is 12.4. The molecule has 0 saturated carbocycles. The van der Waals surface area contributed by atoms with E-state index in [1.807, 2.05) is 51.1 Å². The second kappa shape index (κ2) is 9.20. The molecule has 0 aliphatic carbocycles. The summed E-state index contributed by atoms with van der Waals surface area (Å²) in [6.45, 7) is 6.33. The van der Waals surface area contributed by atoms with Crippen LogP contribution in [0, 0.1) is 13.8 Å². The number of carbonyl (C=O) groups is 1. The molecule has 0 bridgehead atoms. The molecule has 0 saturated heterocycles. The zero-order valence-corrected chi connectivity index (χ0v) is 16.3. The van der Waals surface area contributed by atoms with Gasteiger partial charge in [0.1, 0.15) is 12.4 Å². The fourth-order valence-electron chi connectivity index (χ4n) is 2.46. The summed E-state index contributed by atoms with van der Waals surface area (Å²) in [5.41, 5.74) is 3.15. The maximum Gasteiger partial charge on any atom is 0.338 e. The van der Waals surface area contributed by atoms with Crippen molar-refractivity contribution in [3.8, 4) is 5.75 Å². The predicted molar refractivity (Wildman–Crippen MR) is 108 cm³/mol. The standard InChI is InChI=1S/C20H24N2O3S/c1-13-8-5-6-11-18(13)25-12-14(2)21-20(26)22-17-10-7-9-16(15(17)3)19(23)24-4/h5-11,14H,12H2,1-4H3,(H2,21,22,26)/t14-/m1/s1. The Labute approximate surface area is 159 Å². The Hall–Kier alpha value is -2.60. The molecule has 0 heterocycles. The van der Waals surface area contributed by atoms with E-state index in [0.29, 0.717) is 17.3 Å². The number of rotatable bonds is 6. The number of anilines is 1. The lowest BCUT2D eigenvalue weighted by Crippen LogP contribution is -2.39. The van der Waals surface area contributed by atoms with Gasteiger partial charge < -0.3 is 20.1 Å². The van der Waals surface area contributed by atoms with E-state index in [4.69, 9.17) is 21.7 Å². The first-order valence-electron chi connectivity index (χ1n) is 8.36. The van der Waals surface area contributed by atoms with Gasteiger partial charge in [-0.2, -0.15) is 0 Å². The fraction of sp³-hybridized carbons (Fsp3) is 0.300. The number of carbonyl (C=O) groups excluding carboxylic acids is 1. The van der Waals surface area contributed by atoms with Gasteiger partial charge in [0, 0.05) is 5.69 Å². The highest BCUT2D eigenvalue weighted by Crippen LogP contribution is 2.20. The number of methoxy groups -OCH3 is 1. The summed E-state index contributed by atoms with van der Waals surface area (Å²) < 4.78 is 10.6. The monoisotopic (exact) mass is 372 g/mol. The highest BCUT2D eigenvalue weighted by atomic mass is 32.1. The van der Waals surface area contributed by atoms with E-state index in [1.165, 1.54) is 7.11 Å². The van der Waals surface area contributed by atoms with E-state index in [9.17, 15) is 4.79 Å². The Balaban J connectivity index is 1.92. The average molecular weight is 372 g/mol. The molecular weight excluding hydrogens is 348 g/mol. The summed E-state index contributed by atoms with van der Waals surface area (Å²) in [4.78, 5) is 11.8. The quantitative estimate of drug-likeness (QED) is 0.593. The third-order valence-corrected chi connectivity index (χ3v) is 4.17. The van der Waals surface area contributed by atoms with Crippen LogP contribution in [0.1, 0.15) is 28.4 Å². The van der Waals surface area contributed by atoms with Crippen LogP contribution in [0.25, 0.3) is 0 Å². The number of hydrogen-bond acceptors (Lipinski definition) is 4. The Morgan fingerprint density at radius 3 is 2.58 bits per heavy atom. The lowest BCUT2D eigenvalue weighted by molar-refractivity contribution is 0.0600. The number of thiocarbonyl (C=S) groups is 1. The average Bonchev–Trinajstić information content (AvgIpc) is 2.62. The van der Waals surface area contributed by atoms with Crippen molar-refractivity contribution in [2.45, 2.75) is 26.8 Å². The number of aryl methyl sites for hydroxylation is 1. The largest absolute Gasteiger partial charge is 0.491 e. The Morgan fingerprint density at radius 1 is 1.15 bits per heavy atom. The lowest BCUT2D eigenvalue weighted by Gasteiger charge is -2.19. The van der Waals surface area contributed by atoms with Crippen molar-refractivity contribution in [3.63, 3.8) is 0 Å². The highest BCUT2D eigenvalue weighted by Gasteiger charge is 2.13. The first kappa shape index (κ1) is 19.7. The molecule has 5 nitrogen and oxygen atoms in total. The van der Waals surface area contributed by atoms with Crippen LogP contribution in [0.2, 0.25) is 0 Å². The minimum atomic E-state index is -0.370. The summed E-state index contributed by atoms with van der Waals surface area (Å²) in [7, 11) is 1.37. The molecule has 2 N–H and O–H groups in total. The summed E-state index contributed by atoms with van der Waals surface area (Å²) in [5.74, 6) is 0.492. The molecule has 2 rings (SSSR count). The second-order valence-corrected chi connectivity index (χ2v) is 6.45. The van der Waals surface area contributed by atoms with Crippen molar-refractivity contribution in [3.05, 3.63) is 59.2 Å². The molecule has 0 unspecified atom stereocenters. The zero-order chi connectivity index (χ0) is 19.1. The molecule has 0 aliphatic rings. The maximum absolute atomic E-state index is 11.8. The van der Waals surface area contributed by atoms with Gasteiger partial charge in [0.25, 0.3) is 0 Å². The van der Waals surface area contributed by atoms with Gasteiger partial charge in [-0.05, 0) is 62.3 Å². The Morgan fingerprint density at radius 2 is 1.88 bits per heavy atom. The van der Waals surface area contributed by atoms with Crippen LogP contribution in [-0.4, -0.2) is 30.8 Å². The van der Waals surface area contributed by atoms with E-state index < -0.39 is 0 Å².